The van der Waals surface area contributed by atoms with Crippen molar-refractivity contribution in [1.82, 2.24) is 9.29 Å². The first-order chi connectivity index (χ1) is 8.95. The van der Waals surface area contributed by atoms with E-state index in [1.54, 1.807) is 0 Å². The molecule has 1 aromatic heterocycles. The maximum Gasteiger partial charge on any atom is 0.358 e. The molecule has 108 valence electrons. The van der Waals surface area contributed by atoms with Gasteiger partial charge in [-0.1, -0.05) is 19.8 Å². The zero-order valence-electron chi connectivity index (χ0n) is 11.2. The molecule has 0 aliphatic carbocycles. The number of hydrogen-bond donors (Lipinski definition) is 0. The number of carbonyl (C=O) groups excluding carboxylic acids is 1. The minimum absolute atomic E-state index is 0.0571. The summed E-state index contributed by atoms with van der Waals surface area (Å²) in [6.45, 7) is 2.47. The molecular formula is C11H18N2O4S2. The van der Waals surface area contributed by atoms with Gasteiger partial charge in [0.1, 0.15) is 0 Å². The number of sulfonamides is 1. The SMILES string of the molecule is CCCCCN(C)S(=O)(=O)c1scnc1C(=O)OC. The van der Waals surface area contributed by atoms with Crippen LogP contribution in [0, 0.1) is 0 Å². The predicted molar refractivity (Wildman–Crippen MR) is 72.8 cm³/mol. The van der Waals surface area contributed by atoms with Gasteiger partial charge in [0.2, 0.25) is 0 Å². The molecule has 0 unspecified atom stereocenters. The lowest BCUT2D eigenvalue weighted by Crippen LogP contribution is -2.28. The number of nitrogens with zero attached hydrogens (tertiary/aromatic N) is 2. The molecule has 0 radical (unpaired) electrons. The van der Waals surface area contributed by atoms with E-state index in [0.717, 1.165) is 30.6 Å². The van der Waals surface area contributed by atoms with Crippen LogP contribution in [-0.2, 0) is 14.8 Å². The molecule has 0 N–H and O–H groups in total. The van der Waals surface area contributed by atoms with Crippen molar-refractivity contribution in [2.24, 2.45) is 0 Å². The van der Waals surface area contributed by atoms with Gasteiger partial charge in [-0.3, -0.25) is 0 Å². The molecular weight excluding hydrogens is 288 g/mol. The molecule has 0 amide bonds. The van der Waals surface area contributed by atoms with Crippen LogP contribution in [0.4, 0.5) is 0 Å². The molecule has 6 nitrogen and oxygen atoms in total. The summed E-state index contributed by atoms with van der Waals surface area (Å²) in [5.41, 5.74) is 1.19. The minimum Gasteiger partial charge on any atom is -0.464 e. The number of carbonyl (C=O) groups is 1. The summed E-state index contributed by atoms with van der Waals surface area (Å²) in [4.78, 5) is 15.2. The summed E-state index contributed by atoms with van der Waals surface area (Å²) < 4.78 is 30.4. The third-order valence-corrected chi connectivity index (χ3v) is 5.84. The Labute approximate surface area is 117 Å². The number of unbranched alkanes of at least 4 members (excludes halogenated alkanes) is 2. The molecule has 19 heavy (non-hydrogen) atoms. The lowest BCUT2D eigenvalue weighted by Gasteiger charge is -2.16. The highest BCUT2D eigenvalue weighted by atomic mass is 32.2. The Balaban J connectivity index is 2.94. The first-order valence-corrected chi connectivity index (χ1v) is 8.25. The number of rotatable bonds is 7. The van der Waals surface area contributed by atoms with Crippen LogP contribution in [0.25, 0.3) is 0 Å². The fourth-order valence-electron chi connectivity index (χ4n) is 1.50. The topological polar surface area (TPSA) is 76.6 Å². The molecule has 0 atom stereocenters. The van der Waals surface area contributed by atoms with Crippen molar-refractivity contribution in [1.29, 1.82) is 0 Å². The highest BCUT2D eigenvalue weighted by molar-refractivity contribution is 7.91. The molecule has 1 rings (SSSR count). The first-order valence-electron chi connectivity index (χ1n) is 5.93. The van der Waals surface area contributed by atoms with Crippen molar-refractivity contribution >= 4 is 27.3 Å². The third-order valence-electron chi connectivity index (χ3n) is 2.63. The average molecular weight is 306 g/mol. The number of methoxy groups -OCH3 is 1. The van der Waals surface area contributed by atoms with Crippen LogP contribution in [0.2, 0.25) is 0 Å². The van der Waals surface area contributed by atoms with Crippen LogP contribution >= 0.6 is 11.3 Å². The van der Waals surface area contributed by atoms with Gasteiger partial charge in [0.05, 0.1) is 12.6 Å². The Bertz CT molecular complexity index is 525. The monoisotopic (exact) mass is 306 g/mol. The number of esters is 1. The number of aromatic nitrogens is 1. The standard InChI is InChI=1S/C11H18N2O4S2/c1-4-5-6-7-13(2)19(15,16)11-9(10(14)17-3)12-8-18-11/h8H,4-7H2,1-3H3. The lowest BCUT2D eigenvalue weighted by molar-refractivity contribution is 0.0590. The number of hydrogen-bond acceptors (Lipinski definition) is 6. The number of ether oxygens (including phenoxy) is 1. The van der Waals surface area contributed by atoms with Crippen molar-refractivity contribution in [3.05, 3.63) is 11.2 Å². The largest absolute Gasteiger partial charge is 0.464 e. The van der Waals surface area contributed by atoms with Crippen molar-refractivity contribution in [3.8, 4) is 0 Å². The van der Waals surface area contributed by atoms with Gasteiger partial charge in [-0.25, -0.2) is 22.5 Å². The second kappa shape index (κ2) is 6.97. The van der Waals surface area contributed by atoms with E-state index in [-0.39, 0.29) is 9.90 Å². The zero-order valence-corrected chi connectivity index (χ0v) is 12.9. The quantitative estimate of drug-likeness (QED) is 0.566. The summed E-state index contributed by atoms with van der Waals surface area (Å²) in [6.07, 6.45) is 2.77. The minimum atomic E-state index is -3.67. The fraction of sp³-hybridized carbons (Fsp3) is 0.636. The Morgan fingerprint density at radius 3 is 2.74 bits per heavy atom. The van der Waals surface area contributed by atoms with E-state index < -0.39 is 16.0 Å². The Hall–Kier alpha value is -0.990. The van der Waals surface area contributed by atoms with Gasteiger partial charge in [0, 0.05) is 13.6 Å². The molecule has 1 aromatic rings. The second-order valence-electron chi connectivity index (χ2n) is 4.01. The van der Waals surface area contributed by atoms with Gasteiger partial charge < -0.3 is 4.74 Å². The predicted octanol–water partition coefficient (Wildman–Crippen LogP) is 1.74. The van der Waals surface area contributed by atoms with Gasteiger partial charge in [-0.2, -0.15) is 0 Å². The summed E-state index contributed by atoms with van der Waals surface area (Å²) >= 11 is 0.926. The van der Waals surface area contributed by atoms with Gasteiger partial charge in [0.15, 0.2) is 9.90 Å². The molecule has 8 heteroatoms. The van der Waals surface area contributed by atoms with Crippen LogP contribution in [0.1, 0.15) is 36.7 Å². The van der Waals surface area contributed by atoms with Crippen LogP contribution < -0.4 is 0 Å². The van der Waals surface area contributed by atoms with Gasteiger partial charge in [-0.05, 0) is 6.42 Å². The molecule has 0 spiro atoms. The fourth-order valence-corrected chi connectivity index (χ4v) is 4.03. The summed E-state index contributed by atoms with van der Waals surface area (Å²) in [5, 5.41) is 0. The van der Waals surface area contributed by atoms with Crippen LogP contribution in [0.15, 0.2) is 9.72 Å². The Morgan fingerprint density at radius 1 is 1.47 bits per heavy atom. The van der Waals surface area contributed by atoms with Crippen molar-refractivity contribution in [2.45, 2.75) is 30.4 Å². The molecule has 1 heterocycles. The van der Waals surface area contributed by atoms with E-state index in [9.17, 15) is 13.2 Å². The molecule has 0 aromatic carbocycles. The Morgan fingerprint density at radius 2 is 2.16 bits per heavy atom. The molecule has 0 fully saturated rings. The van der Waals surface area contributed by atoms with Crippen molar-refractivity contribution < 1.29 is 17.9 Å². The molecule has 0 bridgehead atoms. The summed E-state index contributed by atoms with van der Waals surface area (Å²) in [7, 11) is -0.970. The second-order valence-corrected chi connectivity index (χ2v) is 7.11. The smallest absolute Gasteiger partial charge is 0.358 e. The van der Waals surface area contributed by atoms with Crippen molar-refractivity contribution in [3.63, 3.8) is 0 Å². The van der Waals surface area contributed by atoms with E-state index in [4.69, 9.17) is 0 Å². The molecule has 0 saturated carbocycles. The zero-order chi connectivity index (χ0) is 14.5. The lowest BCUT2D eigenvalue weighted by atomic mass is 10.2. The first kappa shape index (κ1) is 16.1. The normalized spacial score (nSPS) is 11.8. The summed E-state index contributed by atoms with van der Waals surface area (Å²) in [6, 6.07) is 0. The highest BCUT2D eigenvalue weighted by Crippen LogP contribution is 2.24. The average Bonchev–Trinajstić information content (AvgIpc) is 2.87. The molecule has 0 aliphatic heterocycles. The molecule has 0 saturated heterocycles. The van der Waals surface area contributed by atoms with Gasteiger partial charge in [0.25, 0.3) is 10.0 Å². The number of thiazole rings is 1. The van der Waals surface area contributed by atoms with E-state index in [1.165, 1.54) is 24.0 Å². The van der Waals surface area contributed by atoms with E-state index in [2.05, 4.69) is 9.72 Å². The van der Waals surface area contributed by atoms with Crippen molar-refractivity contribution in [2.75, 3.05) is 20.7 Å². The van der Waals surface area contributed by atoms with Gasteiger partial charge in [-0.15, -0.1) is 11.3 Å². The van der Waals surface area contributed by atoms with Crippen LogP contribution in [0.3, 0.4) is 0 Å². The van der Waals surface area contributed by atoms with E-state index in [1.807, 2.05) is 6.92 Å². The Kier molecular flexibility index (Phi) is 5.89. The maximum atomic E-state index is 12.3. The van der Waals surface area contributed by atoms with Gasteiger partial charge >= 0.3 is 5.97 Å². The highest BCUT2D eigenvalue weighted by Gasteiger charge is 2.29. The summed E-state index contributed by atoms with van der Waals surface area (Å²) in [5.74, 6) is -0.734. The maximum absolute atomic E-state index is 12.3. The van der Waals surface area contributed by atoms with Crippen LogP contribution in [-0.4, -0.2) is 44.4 Å². The van der Waals surface area contributed by atoms with Crippen LogP contribution in [0.5, 0.6) is 0 Å². The molecule has 0 aliphatic rings. The van der Waals surface area contributed by atoms with E-state index >= 15 is 0 Å². The third kappa shape index (κ3) is 3.74. The van der Waals surface area contributed by atoms with E-state index in [0.29, 0.717) is 6.54 Å².